The van der Waals surface area contributed by atoms with Crippen LogP contribution in [0.1, 0.15) is 20.7 Å². The second kappa shape index (κ2) is 11.5. The molecule has 7 heteroatoms. The van der Waals surface area contributed by atoms with Crippen molar-refractivity contribution in [3.05, 3.63) is 132 Å². The molecule has 0 aliphatic carbocycles. The summed E-state index contributed by atoms with van der Waals surface area (Å²) in [4.78, 5) is 24.7. The third-order valence-corrected chi connectivity index (χ3v) is 6.17. The zero-order chi connectivity index (χ0) is 28.1. The van der Waals surface area contributed by atoms with Crippen LogP contribution in [0.3, 0.4) is 0 Å². The second-order valence-corrected chi connectivity index (χ2v) is 8.80. The van der Waals surface area contributed by atoms with E-state index in [0.717, 1.165) is 5.56 Å². The minimum absolute atomic E-state index is 0.0578. The van der Waals surface area contributed by atoms with E-state index in [1.54, 1.807) is 92.0 Å². The van der Waals surface area contributed by atoms with E-state index in [1.807, 2.05) is 0 Å². The molecule has 0 spiro atoms. The van der Waals surface area contributed by atoms with Crippen molar-refractivity contribution in [1.29, 1.82) is 0 Å². The van der Waals surface area contributed by atoms with Crippen LogP contribution in [0, 0.1) is 5.82 Å². The van der Waals surface area contributed by atoms with Gasteiger partial charge in [0.05, 0.1) is 18.2 Å². The average Bonchev–Trinajstić information content (AvgIpc) is 2.98. The lowest BCUT2D eigenvalue weighted by molar-refractivity contribution is 0.0725. The molecule has 0 bridgehead atoms. The van der Waals surface area contributed by atoms with Crippen molar-refractivity contribution >= 4 is 11.9 Å². The number of rotatable bonds is 7. The largest absolute Gasteiger partial charge is 0.508 e. The van der Waals surface area contributed by atoms with Gasteiger partial charge in [0.15, 0.2) is 0 Å². The van der Waals surface area contributed by atoms with Crippen molar-refractivity contribution in [3.63, 3.8) is 0 Å². The maximum Gasteiger partial charge on any atom is 0.343 e. The van der Waals surface area contributed by atoms with Crippen LogP contribution in [-0.2, 0) is 0 Å². The number of halogens is 1. The molecule has 0 saturated carbocycles. The van der Waals surface area contributed by atoms with Gasteiger partial charge in [-0.25, -0.2) is 14.0 Å². The number of hydrogen-bond acceptors (Lipinski definition) is 6. The van der Waals surface area contributed by atoms with Crippen LogP contribution in [0.4, 0.5) is 4.39 Å². The maximum absolute atomic E-state index is 15.1. The molecule has 0 aliphatic rings. The summed E-state index contributed by atoms with van der Waals surface area (Å²) < 4.78 is 31.0. The number of hydrogen-bond donors (Lipinski definition) is 1. The Morgan fingerprint density at radius 3 is 1.52 bits per heavy atom. The van der Waals surface area contributed by atoms with E-state index in [9.17, 15) is 14.7 Å². The minimum Gasteiger partial charge on any atom is -0.508 e. The quantitative estimate of drug-likeness (QED) is 0.174. The van der Waals surface area contributed by atoms with E-state index in [4.69, 9.17) is 14.2 Å². The molecular formula is C33H23FO6. The topological polar surface area (TPSA) is 82.1 Å². The van der Waals surface area contributed by atoms with E-state index in [0.29, 0.717) is 45.1 Å². The van der Waals surface area contributed by atoms with E-state index >= 15 is 4.39 Å². The Balaban J connectivity index is 1.24. The number of methoxy groups -OCH3 is 1. The predicted octanol–water partition coefficient (Wildman–Crippen LogP) is 7.31. The molecule has 198 valence electrons. The molecule has 0 aromatic heterocycles. The summed E-state index contributed by atoms with van der Waals surface area (Å²) in [5, 5.41) is 9.36. The molecule has 0 saturated heterocycles. The molecule has 6 nitrogen and oxygen atoms in total. The molecule has 0 aliphatic heterocycles. The highest BCUT2D eigenvalue weighted by atomic mass is 19.1. The van der Waals surface area contributed by atoms with Gasteiger partial charge in [-0.2, -0.15) is 0 Å². The van der Waals surface area contributed by atoms with E-state index in [1.165, 1.54) is 30.3 Å². The zero-order valence-electron chi connectivity index (χ0n) is 21.3. The lowest BCUT2D eigenvalue weighted by atomic mass is 9.99. The normalized spacial score (nSPS) is 10.6. The second-order valence-electron chi connectivity index (χ2n) is 8.80. The Hall–Kier alpha value is -5.43. The SMILES string of the molecule is COc1ccc(C(=O)Oc2ccc(-c3ccc(-c4ccc(OC(=O)c5ccc(O)cc5)cc4)cc3F)cc2)cc1. The van der Waals surface area contributed by atoms with Crippen molar-refractivity contribution in [2.24, 2.45) is 0 Å². The van der Waals surface area contributed by atoms with Crippen molar-refractivity contribution < 1.29 is 33.3 Å². The van der Waals surface area contributed by atoms with Gasteiger partial charge in [0.1, 0.15) is 28.8 Å². The van der Waals surface area contributed by atoms with Crippen molar-refractivity contribution in [3.8, 4) is 45.3 Å². The van der Waals surface area contributed by atoms with Crippen molar-refractivity contribution in [2.75, 3.05) is 7.11 Å². The smallest absolute Gasteiger partial charge is 0.343 e. The van der Waals surface area contributed by atoms with Crippen LogP contribution >= 0.6 is 0 Å². The van der Waals surface area contributed by atoms with Crippen LogP contribution in [0.15, 0.2) is 115 Å². The summed E-state index contributed by atoms with van der Waals surface area (Å²) in [6.45, 7) is 0. The highest BCUT2D eigenvalue weighted by molar-refractivity contribution is 5.92. The Bertz CT molecular complexity index is 1640. The molecule has 0 heterocycles. The summed E-state index contributed by atoms with van der Waals surface area (Å²) in [5.41, 5.74) is 3.12. The first-order valence-electron chi connectivity index (χ1n) is 12.3. The summed E-state index contributed by atoms with van der Waals surface area (Å²) in [6, 6.07) is 30.6. The molecular weight excluding hydrogens is 511 g/mol. The number of ether oxygens (including phenoxy) is 3. The summed E-state index contributed by atoms with van der Waals surface area (Å²) >= 11 is 0. The fourth-order valence-corrected chi connectivity index (χ4v) is 4.00. The van der Waals surface area contributed by atoms with Crippen molar-refractivity contribution in [1.82, 2.24) is 0 Å². The Morgan fingerprint density at radius 2 is 1.02 bits per heavy atom. The van der Waals surface area contributed by atoms with Crippen LogP contribution < -0.4 is 14.2 Å². The Kier molecular flexibility index (Phi) is 7.55. The average molecular weight is 535 g/mol. The van der Waals surface area contributed by atoms with Gasteiger partial charge in [-0.1, -0.05) is 36.4 Å². The standard InChI is InChI=1S/C33H23FO6/c1-38-27-13-8-24(9-14-27)33(37)40-29-17-6-22(7-18-29)30-19-10-25(20-31(30)34)21-4-15-28(16-5-21)39-32(36)23-2-11-26(35)12-3-23/h2-20,35H,1H3. The van der Waals surface area contributed by atoms with E-state index < -0.39 is 17.8 Å². The highest BCUT2D eigenvalue weighted by Crippen LogP contribution is 2.30. The lowest BCUT2D eigenvalue weighted by Gasteiger charge is -2.10. The number of phenolic OH excluding ortho intramolecular Hbond substituents is 1. The first kappa shape index (κ1) is 26.2. The molecule has 1 N–H and O–H groups in total. The molecule has 40 heavy (non-hydrogen) atoms. The number of benzene rings is 5. The third kappa shape index (κ3) is 6.00. The highest BCUT2D eigenvalue weighted by Gasteiger charge is 2.12. The summed E-state index contributed by atoms with van der Waals surface area (Å²) in [7, 11) is 1.55. The van der Waals surface area contributed by atoms with Gasteiger partial charge in [0.2, 0.25) is 0 Å². The predicted molar refractivity (Wildman–Crippen MR) is 148 cm³/mol. The number of carbonyl (C=O) groups is 2. The zero-order valence-corrected chi connectivity index (χ0v) is 21.3. The maximum atomic E-state index is 15.1. The van der Waals surface area contributed by atoms with Crippen LogP contribution in [-0.4, -0.2) is 24.2 Å². The molecule has 0 fully saturated rings. The number of phenols is 1. The van der Waals surface area contributed by atoms with Gasteiger partial charge in [-0.05, 0) is 95.6 Å². The van der Waals surface area contributed by atoms with Gasteiger partial charge < -0.3 is 19.3 Å². The Morgan fingerprint density at radius 1 is 0.575 bits per heavy atom. The van der Waals surface area contributed by atoms with Crippen LogP contribution in [0.2, 0.25) is 0 Å². The third-order valence-electron chi connectivity index (χ3n) is 6.17. The fraction of sp³-hybridized carbons (Fsp3) is 0.0303. The van der Waals surface area contributed by atoms with Gasteiger partial charge in [0, 0.05) is 5.56 Å². The molecule has 0 radical (unpaired) electrons. The molecule has 5 rings (SSSR count). The first-order valence-corrected chi connectivity index (χ1v) is 12.3. The van der Waals surface area contributed by atoms with Gasteiger partial charge in [0.25, 0.3) is 0 Å². The summed E-state index contributed by atoms with van der Waals surface area (Å²) in [5.74, 6) is -0.0968. The number of carbonyl (C=O) groups excluding carboxylic acids is 2. The first-order chi connectivity index (χ1) is 19.4. The van der Waals surface area contributed by atoms with Gasteiger partial charge >= 0.3 is 11.9 Å². The number of esters is 2. The fourth-order valence-electron chi connectivity index (χ4n) is 4.00. The monoisotopic (exact) mass is 534 g/mol. The van der Waals surface area contributed by atoms with Crippen LogP contribution in [0.25, 0.3) is 22.3 Å². The van der Waals surface area contributed by atoms with Crippen molar-refractivity contribution in [2.45, 2.75) is 0 Å². The number of aromatic hydroxyl groups is 1. The molecule has 5 aromatic carbocycles. The molecule has 0 amide bonds. The van der Waals surface area contributed by atoms with Gasteiger partial charge in [-0.3, -0.25) is 0 Å². The van der Waals surface area contributed by atoms with E-state index in [-0.39, 0.29) is 5.75 Å². The van der Waals surface area contributed by atoms with Gasteiger partial charge in [-0.15, -0.1) is 0 Å². The summed E-state index contributed by atoms with van der Waals surface area (Å²) in [6.07, 6.45) is 0. The van der Waals surface area contributed by atoms with Crippen LogP contribution in [0.5, 0.6) is 23.0 Å². The Labute approximate surface area is 229 Å². The molecule has 0 atom stereocenters. The lowest BCUT2D eigenvalue weighted by Crippen LogP contribution is -2.08. The minimum atomic E-state index is -0.551. The van der Waals surface area contributed by atoms with E-state index in [2.05, 4.69) is 0 Å². The molecule has 5 aromatic rings. The molecule has 0 unspecified atom stereocenters.